The molecule has 0 bridgehead atoms. The number of rotatable bonds is 4. The number of benzene rings is 1. The first-order chi connectivity index (χ1) is 9.58. The van der Waals surface area contributed by atoms with Crippen LogP contribution in [0.15, 0.2) is 46.2 Å². The Kier molecular flexibility index (Phi) is 5.26. The van der Waals surface area contributed by atoms with Crippen LogP contribution >= 0.6 is 23.5 Å². The molecule has 2 nitrogen and oxygen atoms in total. The molecule has 0 saturated carbocycles. The smallest absolute Gasteiger partial charge is 0.191 e. The van der Waals surface area contributed by atoms with E-state index in [-0.39, 0.29) is 11.6 Å². The van der Waals surface area contributed by atoms with E-state index >= 15 is 0 Å². The SMILES string of the molecule is CC(=O)C(C(=O)C=Cc1ccccc1)=C1SCC(C)S1. The first-order valence-corrected chi connectivity index (χ1v) is 8.26. The Morgan fingerprint density at radius 2 is 1.95 bits per heavy atom. The molecule has 20 heavy (non-hydrogen) atoms. The summed E-state index contributed by atoms with van der Waals surface area (Å²) >= 11 is 3.22. The number of carbonyl (C=O) groups excluding carboxylic acids is 2. The molecule has 0 aromatic heterocycles. The second-order valence-corrected chi connectivity index (χ2v) is 7.30. The van der Waals surface area contributed by atoms with Crippen LogP contribution in [0.4, 0.5) is 0 Å². The zero-order valence-corrected chi connectivity index (χ0v) is 13.1. The van der Waals surface area contributed by atoms with E-state index in [1.165, 1.54) is 13.0 Å². The van der Waals surface area contributed by atoms with Crippen LogP contribution < -0.4 is 0 Å². The molecule has 1 heterocycles. The standard InChI is InChI=1S/C16H16O2S2/c1-11-10-19-16(20-11)15(12(2)17)14(18)9-8-13-6-4-3-5-7-13/h3-9,11H,10H2,1-2H3. The second kappa shape index (κ2) is 6.95. The van der Waals surface area contributed by atoms with Crippen molar-refractivity contribution in [3.8, 4) is 0 Å². The van der Waals surface area contributed by atoms with Gasteiger partial charge in [0.1, 0.15) is 0 Å². The largest absolute Gasteiger partial charge is 0.294 e. The highest BCUT2D eigenvalue weighted by molar-refractivity contribution is 8.25. The number of hydrogen-bond donors (Lipinski definition) is 0. The molecule has 4 heteroatoms. The summed E-state index contributed by atoms with van der Waals surface area (Å²) in [6.45, 7) is 3.56. The summed E-state index contributed by atoms with van der Waals surface area (Å²) < 4.78 is 0.868. The van der Waals surface area contributed by atoms with Crippen molar-refractivity contribution in [2.45, 2.75) is 19.1 Å². The lowest BCUT2D eigenvalue weighted by molar-refractivity contribution is -0.118. The fraction of sp³-hybridized carbons (Fsp3) is 0.250. The normalized spacial score (nSPS) is 21.2. The molecule has 2 rings (SSSR count). The third-order valence-electron chi connectivity index (χ3n) is 2.79. The molecule has 1 atom stereocenters. The van der Waals surface area contributed by atoms with Gasteiger partial charge in [0.05, 0.1) is 9.81 Å². The highest BCUT2D eigenvalue weighted by atomic mass is 32.2. The molecule has 1 fully saturated rings. The van der Waals surface area contributed by atoms with Gasteiger partial charge in [0.25, 0.3) is 0 Å². The van der Waals surface area contributed by atoms with Crippen LogP contribution in [-0.2, 0) is 9.59 Å². The first kappa shape index (κ1) is 15.1. The average molecular weight is 304 g/mol. The van der Waals surface area contributed by atoms with Gasteiger partial charge < -0.3 is 0 Å². The molecule has 1 aromatic rings. The van der Waals surface area contributed by atoms with E-state index in [9.17, 15) is 9.59 Å². The third kappa shape index (κ3) is 3.87. The molecular formula is C16H16O2S2. The van der Waals surface area contributed by atoms with Gasteiger partial charge in [-0.2, -0.15) is 0 Å². The average Bonchev–Trinajstić information content (AvgIpc) is 2.83. The van der Waals surface area contributed by atoms with Gasteiger partial charge in [0.2, 0.25) is 0 Å². The van der Waals surface area contributed by atoms with Crippen molar-refractivity contribution < 1.29 is 9.59 Å². The van der Waals surface area contributed by atoms with E-state index in [1.54, 1.807) is 29.6 Å². The Balaban J connectivity index is 2.21. The molecule has 0 N–H and O–H groups in total. The molecule has 1 saturated heterocycles. The highest BCUT2D eigenvalue weighted by Crippen LogP contribution is 2.43. The van der Waals surface area contributed by atoms with Crippen molar-refractivity contribution >= 4 is 41.2 Å². The van der Waals surface area contributed by atoms with Crippen LogP contribution in [0.1, 0.15) is 19.4 Å². The van der Waals surface area contributed by atoms with Gasteiger partial charge in [-0.1, -0.05) is 43.3 Å². The number of carbonyl (C=O) groups is 2. The molecule has 104 valence electrons. The lowest BCUT2D eigenvalue weighted by Gasteiger charge is -2.03. The predicted molar refractivity (Wildman–Crippen MR) is 87.7 cm³/mol. The molecule has 0 aliphatic carbocycles. The quantitative estimate of drug-likeness (QED) is 0.479. The third-order valence-corrected chi connectivity index (χ3v) is 5.76. The Morgan fingerprint density at radius 1 is 1.25 bits per heavy atom. The minimum absolute atomic E-state index is 0.156. The molecule has 1 aliphatic rings. The van der Waals surface area contributed by atoms with E-state index in [0.717, 1.165) is 15.6 Å². The van der Waals surface area contributed by atoms with Gasteiger partial charge in [0, 0.05) is 11.0 Å². The van der Waals surface area contributed by atoms with E-state index in [2.05, 4.69) is 6.92 Å². The number of allylic oxidation sites excluding steroid dienone is 2. The van der Waals surface area contributed by atoms with Crippen LogP contribution in [0, 0.1) is 0 Å². The molecule has 1 unspecified atom stereocenters. The van der Waals surface area contributed by atoms with Crippen LogP contribution in [0.5, 0.6) is 0 Å². The number of thioether (sulfide) groups is 2. The minimum atomic E-state index is -0.203. The Labute approximate surface area is 127 Å². The van der Waals surface area contributed by atoms with Gasteiger partial charge in [-0.25, -0.2) is 0 Å². The summed E-state index contributed by atoms with van der Waals surface area (Å²) in [7, 11) is 0. The molecule has 1 aromatic carbocycles. The van der Waals surface area contributed by atoms with E-state index in [4.69, 9.17) is 0 Å². The topological polar surface area (TPSA) is 34.1 Å². The van der Waals surface area contributed by atoms with Crippen LogP contribution in [-0.4, -0.2) is 22.6 Å². The zero-order chi connectivity index (χ0) is 14.5. The lowest BCUT2D eigenvalue weighted by atomic mass is 10.1. The Bertz CT molecular complexity index is 573. The Morgan fingerprint density at radius 3 is 2.50 bits per heavy atom. The predicted octanol–water partition coefficient (Wildman–Crippen LogP) is 3.94. The number of ketones is 2. The summed E-state index contributed by atoms with van der Waals surface area (Å²) in [5, 5.41) is 0.454. The van der Waals surface area contributed by atoms with Gasteiger partial charge in [-0.15, -0.1) is 23.5 Å². The summed E-state index contributed by atoms with van der Waals surface area (Å²) in [5.41, 5.74) is 1.28. The van der Waals surface area contributed by atoms with Gasteiger partial charge >= 0.3 is 0 Å². The first-order valence-electron chi connectivity index (χ1n) is 6.40. The van der Waals surface area contributed by atoms with Gasteiger partial charge in [-0.05, 0) is 18.6 Å². The fourth-order valence-electron chi connectivity index (χ4n) is 1.81. The van der Waals surface area contributed by atoms with Gasteiger partial charge in [-0.3, -0.25) is 9.59 Å². The van der Waals surface area contributed by atoms with E-state index in [1.807, 2.05) is 30.3 Å². The van der Waals surface area contributed by atoms with Crippen molar-refractivity contribution in [1.82, 2.24) is 0 Å². The monoisotopic (exact) mass is 304 g/mol. The van der Waals surface area contributed by atoms with Crippen molar-refractivity contribution in [2.75, 3.05) is 5.75 Å². The van der Waals surface area contributed by atoms with Crippen molar-refractivity contribution in [2.24, 2.45) is 0 Å². The van der Waals surface area contributed by atoms with Gasteiger partial charge in [0.15, 0.2) is 11.6 Å². The summed E-state index contributed by atoms with van der Waals surface area (Å²) in [6, 6.07) is 9.60. The van der Waals surface area contributed by atoms with Crippen LogP contribution in [0.3, 0.4) is 0 Å². The molecular weight excluding hydrogens is 288 g/mol. The summed E-state index contributed by atoms with van der Waals surface area (Å²) in [6.07, 6.45) is 3.24. The number of hydrogen-bond acceptors (Lipinski definition) is 4. The number of Topliss-reactive ketones (excluding diaryl/α,β-unsaturated/α-hetero) is 1. The maximum Gasteiger partial charge on any atom is 0.191 e. The van der Waals surface area contributed by atoms with Crippen molar-refractivity contribution in [3.05, 3.63) is 51.8 Å². The maximum absolute atomic E-state index is 12.3. The Hall–Kier alpha value is -1.26. The summed E-state index contributed by atoms with van der Waals surface area (Å²) in [4.78, 5) is 24.0. The van der Waals surface area contributed by atoms with Crippen LogP contribution in [0.2, 0.25) is 0 Å². The lowest BCUT2D eigenvalue weighted by Crippen LogP contribution is -2.08. The van der Waals surface area contributed by atoms with Crippen molar-refractivity contribution in [1.29, 1.82) is 0 Å². The summed E-state index contributed by atoms with van der Waals surface area (Å²) in [5.74, 6) is 0.592. The van der Waals surface area contributed by atoms with Crippen molar-refractivity contribution in [3.63, 3.8) is 0 Å². The van der Waals surface area contributed by atoms with E-state index in [0.29, 0.717) is 10.8 Å². The fourth-order valence-corrected chi connectivity index (χ4v) is 4.76. The molecule has 0 radical (unpaired) electrons. The highest BCUT2D eigenvalue weighted by Gasteiger charge is 2.25. The second-order valence-electron chi connectivity index (χ2n) is 4.57. The molecule has 0 amide bonds. The van der Waals surface area contributed by atoms with Crippen LogP contribution in [0.25, 0.3) is 6.08 Å². The zero-order valence-electron chi connectivity index (χ0n) is 11.5. The maximum atomic E-state index is 12.3. The van der Waals surface area contributed by atoms with E-state index < -0.39 is 0 Å². The molecule has 1 aliphatic heterocycles. The molecule has 0 spiro atoms. The minimum Gasteiger partial charge on any atom is -0.294 e.